The Morgan fingerprint density at radius 3 is 2.90 bits per heavy atom. The number of rotatable bonds is 1. The van der Waals surface area contributed by atoms with Crippen molar-refractivity contribution < 1.29 is 4.79 Å². The van der Waals surface area contributed by atoms with Gasteiger partial charge in [-0.15, -0.1) is 11.3 Å². The van der Waals surface area contributed by atoms with Gasteiger partial charge in [-0.25, -0.2) is 0 Å². The molecule has 1 amide bonds. The van der Waals surface area contributed by atoms with Crippen LogP contribution in [0.1, 0.15) is 42.4 Å². The van der Waals surface area contributed by atoms with Crippen LogP contribution in [0.4, 0.5) is 0 Å². The molecule has 1 aromatic rings. The van der Waals surface area contributed by atoms with Crippen LogP contribution in [-0.2, 0) is 0 Å². The number of hydrogen-bond donors (Lipinski definition) is 1. The highest BCUT2D eigenvalue weighted by atomic mass is 32.1. The van der Waals surface area contributed by atoms with Gasteiger partial charge in [0, 0.05) is 18.7 Å². The van der Waals surface area contributed by atoms with E-state index < -0.39 is 0 Å². The van der Waals surface area contributed by atoms with Crippen LogP contribution in [0, 0.1) is 23.2 Å². The number of nitrogens with zero attached hydrogens (tertiary/aromatic N) is 1. The van der Waals surface area contributed by atoms with Crippen molar-refractivity contribution in [3.63, 3.8) is 0 Å². The first-order chi connectivity index (χ1) is 9.43. The fraction of sp³-hybridized carbons (Fsp3) is 0.562. The van der Waals surface area contributed by atoms with Gasteiger partial charge in [-0.1, -0.05) is 32.6 Å². The molecule has 0 spiro atoms. The van der Waals surface area contributed by atoms with Gasteiger partial charge in [0.15, 0.2) is 0 Å². The van der Waals surface area contributed by atoms with E-state index in [0.29, 0.717) is 12.5 Å². The van der Waals surface area contributed by atoms with Crippen LogP contribution in [0.3, 0.4) is 0 Å². The van der Waals surface area contributed by atoms with Gasteiger partial charge in [0.05, 0.1) is 6.54 Å². The molecule has 0 bridgehead atoms. The Kier molecular flexibility index (Phi) is 4.52. The summed E-state index contributed by atoms with van der Waals surface area (Å²) in [4.78, 5) is 15.3. The third kappa shape index (κ3) is 3.23. The maximum Gasteiger partial charge on any atom is 0.265 e. The lowest BCUT2D eigenvalue weighted by Gasteiger charge is -2.26. The molecular formula is C16H22N2OS. The van der Waals surface area contributed by atoms with E-state index in [4.69, 9.17) is 5.73 Å². The quantitative estimate of drug-likeness (QED) is 0.808. The average Bonchev–Trinajstić information content (AvgIpc) is 3.03. The van der Waals surface area contributed by atoms with Crippen molar-refractivity contribution in [1.82, 2.24) is 4.90 Å². The zero-order valence-corrected chi connectivity index (χ0v) is 13.2. The topological polar surface area (TPSA) is 46.3 Å². The number of carbonyl (C=O) groups is 1. The molecule has 2 rings (SSSR count). The smallest absolute Gasteiger partial charge is 0.265 e. The second kappa shape index (κ2) is 5.99. The Hall–Kier alpha value is -1.31. The van der Waals surface area contributed by atoms with E-state index >= 15 is 0 Å². The number of nitrogens with two attached hydrogens (primary N) is 1. The van der Waals surface area contributed by atoms with Crippen LogP contribution in [-0.4, -0.2) is 30.4 Å². The van der Waals surface area contributed by atoms with Crippen LogP contribution >= 0.6 is 11.3 Å². The molecule has 1 aromatic heterocycles. The van der Waals surface area contributed by atoms with Crippen molar-refractivity contribution in [3.05, 3.63) is 21.9 Å². The van der Waals surface area contributed by atoms with Crippen molar-refractivity contribution in [1.29, 1.82) is 0 Å². The molecule has 1 saturated heterocycles. The van der Waals surface area contributed by atoms with Crippen molar-refractivity contribution in [2.75, 3.05) is 19.6 Å². The highest BCUT2D eigenvalue weighted by Gasteiger charge is 2.34. The number of hydrogen-bond acceptors (Lipinski definition) is 3. The molecule has 4 heteroatoms. The van der Waals surface area contributed by atoms with Gasteiger partial charge in [0.25, 0.3) is 5.91 Å². The zero-order chi connectivity index (χ0) is 14.8. The van der Waals surface area contributed by atoms with E-state index in [1.165, 1.54) is 11.3 Å². The van der Waals surface area contributed by atoms with E-state index in [1.54, 1.807) is 0 Å². The highest BCUT2D eigenvalue weighted by molar-refractivity contribution is 7.12. The molecule has 0 aromatic carbocycles. The van der Waals surface area contributed by atoms with Crippen molar-refractivity contribution in [2.45, 2.75) is 27.2 Å². The van der Waals surface area contributed by atoms with Crippen molar-refractivity contribution >= 4 is 17.2 Å². The van der Waals surface area contributed by atoms with Crippen molar-refractivity contribution in [3.8, 4) is 11.8 Å². The van der Waals surface area contributed by atoms with Crippen LogP contribution in [0.15, 0.2) is 11.4 Å². The van der Waals surface area contributed by atoms with Crippen LogP contribution < -0.4 is 5.73 Å². The lowest BCUT2D eigenvalue weighted by Crippen LogP contribution is -2.31. The fourth-order valence-corrected chi connectivity index (χ4v) is 3.33. The molecule has 1 fully saturated rings. The zero-order valence-electron chi connectivity index (χ0n) is 12.4. The first-order valence-corrected chi connectivity index (χ1v) is 7.87. The second-order valence-corrected chi connectivity index (χ2v) is 7.19. The Morgan fingerprint density at radius 1 is 1.55 bits per heavy atom. The summed E-state index contributed by atoms with van der Waals surface area (Å²) in [6, 6.07) is 1.90. The second-order valence-electron chi connectivity index (χ2n) is 6.27. The van der Waals surface area contributed by atoms with Gasteiger partial charge >= 0.3 is 0 Å². The van der Waals surface area contributed by atoms with E-state index in [0.717, 1.165) is 30.0 Å². The summed E-state index contributed by atoms with van der Waals surface area (Å²) in [5, 5.41) is 1.92. The van der Waals surface area contributed by atoms with Crippen molar-refractivity contribution in [2.24, 2.45) is 17.1 Å². The maximum atomic E-state index is 12.6. The highest BCUT2D eigenvalue weighted by Crippen LogP contribution is 2.34. The Labute approximate surface area is 125 Å². The molecule has 2 N–H and O–H groups in total. The van der Waals surface area contributed by atoms with Gasteiger partial charge < -0.3 is 10.6 Å². The Morgan fingerprint density at radius 2 is 2.30 bits per heavy atom. The molecule has 2 heterocycles. The molecule has 1 unspecified atom stereocenters. The van der Waals surface area contributed by atoms with E-state index in [-0.39, 0.29) is 11.3 Å². The normalized spacial score (nSPS) is 18.8. The van der Waals surface area contributed by atoms with Crippen LogP contribution in [0.2, 0.25) is 0 Å². The SMILES string of the molecule is CC(C)(C)C1CCN(C(=O)c2sccc2C#CCN)C1. The first-order valence-electron chi connectivity index (χ1n) is 6.99. The molecule has 20 heavy (non-hydrogen) atoms. The predicted molar refractivity (Wildman–Crippen MR) is 83.7 cm³/mol. The molecule has 1 atom stereocenters. The van der Waals surface area contributed by atoms with Crippen LogP contribution in [0.5, 0.6) is 0 Å². The van der Waals surface area contributed by atoms with Gasteiger partial charge in [-0.3, -0.25) is 4.79 Å². The number of amides is 1. The minimum absolute atomic E-state index is 0.119. The summed E-state index contributed by atoms with van der Waals surface area (Å²) >= 11 is 1.47. The molecule has 3 nitrogen and oxygen atoms in total. The van der Waals surface area contributed by atoms with Gasteiger partial charge in [-0.05, 0) is 29.2 Å². The van der Waals surface area contributed by atoms with E-state index in [2.05, 4.69) is 32.6 Å². The largest absolute Gasteiger partial charge is 0.338 e. The summed E-state index contributed by atoms with van der Waals surface area (Å²) in [6.07, 6.45) is 1.09. The number of likely N-dealkylation sites (tertiary alicyclic amines) is 1. The first kappa shape index (κ1) is 15.1. The lowest BCUT2D eigenvalue weighted by molar-refractivity contribution is 0.0781. The third-order valence-corrected chi connectivity index (χ3v) is 4.79. The molecule has 1 aliphatic rings. The van der Waals surface area contributed by atoms with E-state index in [1.807, 2.05) is 16.3 Å². The number of carbonyl (C=O) groups excluding carboxylic acids is 1. The van der Waals surface area contributed by atoms with Gasteiger partial charge in [-0.2, -0.15) is 0 Å². The van der Waals surface area contributed by atoms with Gasteiger partial charge in [0.2, 0.25) is 0 Å². The lowest BCUT2D eigenvalue weighted by atomic mass is 9.80. The standard InChI is InChI=1S/C16H22N2OS/c1-16(2,3)13-6-9-18(11-13)15(19)14-12(5-4-8-17)7-10-20-14/h7,10,13H,6,8-9,11,17H2,1-3H3. The van der Waals surface area contributed by atoms with Gasteiger partial charge in [0.1, 0.15) is 4.88 Å². The molecule has 0 aliphatic carbocycles. The summed E-state index contributed by atoms with van der Waals surface area (Å²) in [6.45, 7) is 8.75. The molecular weight excluding hydrogens is 268 g/mol. The molecule has 108 valence electrons. The monoisotopic (exact) mass is 290 g/mol. The average molecular weight is 290 g/mol. The Balaban J connectivity index is 2.12. The number of thiophene rings is 1. The molecule has 0 saturated carbocycles. The van der Waals surface area contributed by atoms with Crippen LogP contribution in [0.25, 0.3) is 0 Å². The predicted octanol–water partition coefficient (Wildman–Crippen LogP) is 2.57. The summed E-state index contributed by atoms with van der Waals surface area (Å²) in [5.41, 5.74) is 6.46. The summed E-state index contributed by atoms with van der Waals surface area (Å²) < 4.78 is 0. The summed E-state index contributed by atoms with van der Waals surface area (Å²) in [7, 11) is 0. The molecule has 1 aliphatic heterocycles. The minimum Gasteiger partial charge on any atom is -0.338 e. The Bertz CT molecular complexity index is 545. The third-order valence-electron chi connectivity index (χ3n) is 3.88. The molecule has 0 radical (unpaired) electrons. The maximum absolute atomic E-state index is 12.6. The summed E-state index contributed by atoms with van der Waals surface area (Å²) in [5.74, 6) is 6.50. The van der Waals surface area contributed by atoms with E-state index in [9.17, 15) is 4.79 Å². The fourth-order valence-electron chi connectivity index (χ4n) is 2.51. The minimum atomic E-state index is 0.119.